The number of thiazole rings is 1. The van der Waals surface area contributed by atoms with Gasteiger partial charge in [-0.15, -0.1) is 11.3 Å². The van der Waals surface area contributed by atoms with Crippen LogP contribution < -0.4 is 0 Å². The molecule has 1 atom stereocenters. The summed E-state index contributed by atoms with van der Waals surface area (Å²) in [4.78, 5) is 19.4. The Labute approximate surface area is 172 Å². The SMILES string of the molecule is O=C(/C=C\c1c(Cl)nc2sccn12)OC[C@H]1CN(Cc2ccccc2)CCO1. The van der Waals surface area contributed by atoms with Crippen molar-refractivity contribution in [2.45, 2.75) is 12.6 Å². The zero-order valence-electron chi connectivity index (χ0n) is 15.2. The van der Waals surface area contributed by atoms with Gasteiger partial charge in [0.05, 0.1) is 12.3 Å². The maximum atomic E-state index is 12.1. The van der Waals surface area contributed by atoms with Crippen molar-refractivity contribution in [3.8, 4) is 0 Å². The fourth-order valence-electron chi connectivity index (χ4n) is 3.16. The number of carbonyl (C=O) groups is 1. The number of morpholine rings is 1. The molecule has 8 heteroatoms. The van der Waals surface area contributed by atoms with Crippen molar-refractivity contribution in [2.75, 3.05) is 26.3 Å². The summed E-state index contributed by atoms with van der Waals surface area (Å²) in [6, 6.07) is 10.3. The minimum Gasteiger partial charge on any atom is -0.460 e. The molecule has 1 aliphatic heterocycles. The maximum Gasteiger partial charge on any atom is 0.330 e. The van der Waals surface area contributed by atoms with Crippen molar-refractivity contribution in [3.63, 3.8) is 0 Å². The number of nitrogens with zero attached hydrogens (tertiary/aromatic N) is 3. The van der Waals surface area contributed by atoms with E-state index < -0.39 is 5.97 Å². The number of esters is 1. The lowest BCUT2D eigenvalue weighted by Crippen LogP contribution is -2.44. The highest BCUT2D eigenvalue weighted by Gasteiger charge is 2.21. The van der Waals surface area contributed by atoms with Gasteiger partial charge in [0.25, 0.3) is 0 Å². The first-order chi connectivity index (χ1) is 13.7. The number of carbonyl (C=O) groups excluding carboxylic acids is 1. The van der Waals surface area contributed by atoms with Crippen LogP contribution in [0.3, 0.4) is 0 Å². The summed E-state index contributed by atoms with van der Waals surface area (Å²) in [5.74, 6) is -0.426. The second kappa shape index (κ2) is 8.87. The van der Waals surface area contributed by atoms with E-state index >= 15 is 0 Å². The third-order valence-corrected chi connectivity index (χ3v) is 5.55. The van der Waals surface area contributed by atoms with E-state index in [1.165, 1.54) is 23.0 Å². The highest BCUT2D eigenvalue weighted by atomic mass is 35.5. The van der Waals surface area contributed by atoms with Crippen molar-refractivity contribution >= 4 is 39.9 Å². The van der Waals surface area contributed by atoms with E-state index in [1.807, 2.05) is 34.2 Å². The van der Waals surface area contributed by atoms with Gasteiger partial charge in [-0.3, -0.25) is 9.30 Å². The normalized spacial score (nSPS) is 18.1. The van der Waals surface area contributed by atoms with E-state index in [-0.39, 0.29) is 12.7 Å². The standard InChI is InChI=1S/C20H20ClN3O3S/c21-19-17(24-9-11-28-20(24)22-19)6-7-18(25)27-14-16-13-23(8-10-26-16)12-15-4-2-1-3-5-15/h1-7,9,11,16H,8,10,12-14H2/b7-6-/t16-/m1/s1. The molecular weight excluding hydrogens is 398 g/mol. The Hall–Kier alpha value is -2.19. The number of ether oxygens (including phenoxy) is 2. The number of benzene rings is 1. The monoisotopic (exact) mass is 417 g/mol. The van der Waals surface area contributed by atoms with Gasteiger partial charge in [-0.1, -0.05) is 41.9 Å². The number of hydrogen-bond acceptors (Lipinski definition) is 6. The summed E-state index contributed by atoms with van der Waals surface area (Å²) in [6.07, 6.45) is 4.73. The fraction of sp³-hybridized carbons (Fsp3) is 0.300. The summed E-state index contributed by atoms with van der Waals surface area (Å²) in [5.41, 5.74) is 1.93. The molecule has 0 radical (unpaired) electrons. The molecule has 0 amide bonds. The van der Waals surface area contributed by atoms with Crippen LogP contribution in [0.1, 0.15) is 11.3 Å². The van der Waals surface area contributed by atoms with Crippen molar-refractivity contribution in [2.24, 2.45) is 0 Å². The highest BCUT2D eigenvalue weighted by molar-refractivity contribution is 7.15. The molecule has 0 N–H and O–H groups in total. The number of imidazole rings is 1. The fourth-order valence-corrected chi connectivity index (χ4v) is 4.17. The Morgan fingerprint density at radius 2 is 2.25 bits per heavy atom. The zero-order valence-corrected chi connectivity index (χ0v) is 16.7. The van der Waals surface area contributed by atoms with Crippen LogP contribution in [0, 0.1) is 0 Å². The predicted octanol–water partition coefficient (Wildman–Crippen LogP) is 3.51. The molecule has 4 rings (SSSR count). The molecule has 2 aromatic heterocycles. The van der Waals surface area contributed by atoms with Gasteiger partial charge in [0.1, 0.15) is 12.7 Å². The lowest BCUT2D eigenvalue weighted by atomic mass is 10.2. The van der Waals surface area contributed by atoms with Crippen molar-refractivity contribution in [3.05, 3.63) is 64.4 Å². The van der Waals surface area contributed by atoms with E-state index in [9.17, 15) is 4.79 Å². The number of halogens is 1. The molecule has 28 heavy (non-hydrogen) atoms. The molecule has 3 heterocycles. The van der Waals surface area contributed by atoms with Crippen LogP contribution in [0.25, 0.3) is 11.0 Å². The van der Waals surface area contributed by atoms with Crippen LogP contribution in [-0.4, -0.2) is 52.7 Å². The highest BCUT2D eigenvalue weighted by Crippen LogP contribution is 2.22. The van der Waals surface area contributed by atoms with Crippen LogP contribution in [0.15, 0.2) is 48.0 Å². The molecule has 0 unspecified atom stereocenters. The summed E-state index contributed by atoms with van der Waals surface area (Å²) in [6.45, 7) is 3.32. The molecule has 146 valence electrons. The van der Waals surface area contributed by atoms with Gasteiger partial charge in [0.2, 0.25) is 0 Å². The Kier molecular flexibility index (Phi) is 6.07. The molecule has 1 aromatic carbocycles. The number of aromatic nitrogens is 2. The number of rotatable bonds is 6. The predicted molar refractivity (Wildman–Crippen MR) is 110 cm³/mol. The van der Waals surface area contributed by atoms with Gasteiger partial charge >= 0.3 is 5.97 Å². The molecule has 1 saturated heterocycles. The van der Waals surface area contributed by atoms with Crippen molar-refractivity contribution in [1.82, 2.24) is 14.3 Å². The van der Waals surface area contributed by atoms with Gasteiger partial charge in [0.15, 0.2) is 10.1 Å². The Morgan fingerprint density at radius 1 is 1.39 bits per heavy atom. The second-order valence-corrected chi connectivity index (χ2v) is 7.75. The van der Waals surface area contributed by atoms with E-state index in [0.29, 0.717) is 17.5 Å². The van der Waals surface area contributed by atoms with Crippen LogP contribution in [0.4, 0.5) is 0 Å². The van der Waals surface area contributed by atoms with Crippen LogP contribution >= 0.6 is 22.9 Å². The number of fused-ring (bicyclic) bond motifs is 1. The smallest absolute Gasteiger partial charge is 0.330 e. The average molecular weight is 418 g/mol. The average Bonchev–Trinajstić information content (AvgIpc) is 3.26. The van der Waals surface area contributed by atoms with E-state index in [2.05, 4.69) is 22.0 Å². The van der Waals surface area contributed by atoms with E-state index in [1.54, 1.807) is 6.08 Å². The van der Waals surface area contributed by atoms with E-state index in [0.717, 1.165) is 24.6 Å². The molecule has 6 nitrogen and oxygen atoms in total. The molecule has 0 spiro atoms. The topological polar surface area (TPSA) is 56.1 Å². The molecule has 1 aliphatic rings. The van der Waals surface area contributed by atoms with Gasteiger partial charge in [0, 0.05) is 37.3 Å². The molecule has 1 fully saturated rings. The Balaban J connectivity index is 1.28. The third kappa shape index (κ3) is 4.62. The van der Waals surface area contributed by atoms with Gasteiger partial charge in [-0.25, -0.2) is 9.78 Å². The molecule has 0 bridgehead atoms. The van der Waals surface area contributed by atoms with Gasteiger partial charge < -0.3 is 9.47 Å². The van der Waals surface area contributed by atoms with Crippen molar-refractivity contribution in [1.29, 1.82) is 0 Å². The lowest BCUT2D eigenvalue weighted by molar-refractivity contribution is -0.144. The zero-order chi connectivity index (χ0) is 19.3. The molecule has 3 aromatic rings. The quantitative estimate of drug-likeness (QED) is 0.454. The Bertz CT molecular complexity index is 970. The van der Waals surface area contributed by atoms with Crippen LogP contribution in [-0.2, 0) is 20.8 Å². The summed E-state index contributed by atoms with van der Waals surface area (Å²) >= 11 is 7.60. The third-order valence-electron chi connectivity index (χ3n) is 4.51. The summed E-state index contributed by atoms with van der Waals surface area (Å²) in [5, 5.41) is 2.28. The first-order valence-corrected chi connectivity index (χ1v) is 10.3. The lowest BCUT2D eigenvalue weighted by Gasteiger charge is -2.32. The minimum atomic E-state index is -0.426. The molecule has 0 aliphatic carbocycles. The van der Waals surface area contributed by atoms with E-state index in [4.69, 9.17) is 21.1 Å². The van der Waals surface area contributed by atoms with Crippen LogP contribution in [0.5, 0.6) is 0 Å². The van der Waals surface area contributed by atoms with Gasteiger partial charge in [-0.05, 0) is 11.6 Å². The largest absolute Gasteiger partial charge is 0.460 e. The first-order valence-electron chi connectivity index (χ1n) is 9.03. The maximum absolute atomic E-state index is 12.1. The minimum absolute atomic E-state index is 0.128. The van der Waals surface area contributed by atoms with Crippen LogP contribution in [0.2, 0.25) is 5.15 Å². The van der Waals surface area contributed by atoms with Crippen molar-refractivity contribution < 1.29 is 14.3 Å². The Morgan fingerprint density at radius 3 is 3.11 bits per heavy atom. The first kappa shape index (κ1) is 19.1. The number of hydrogen-bond donors (Lipinski definition) is 0. The molecule has 0 saturated carbocycles. The summed E-state index contributed by atoms with van der Waals surface area (Å²) in [7, 11) is 0. The second-order valence-electron chi connectivity index (χ2n) is 6.52. The molecular formula is C20H20ClN3O3S. The summed E-state index contributed by atoms with van der Waals surface area (Å²) < 4.78 is 12.9. The van der Waals surface area contributed by atoms with Gasteiger partial charge in [-0.2, -0.15) is 0 Å².